The Morgan fingerprint density at radius 1 is 1.50 bits per heavy atom. The first-order valence-corrected chi connectivity index (χ1v) is 5.20. The number of hydrogen-bond acceptors (Lipinski definition) is 1. The highest BCUT2D eigenvalue weighted by atomic mass is 79.9. The zero-order chi connectivity index (χ0) is 8.97. The lowest BCUT2D eigenvalue weighted by molar-refractivity contribution is 1.43. The topological polar surface area (TPSA) is 0 Å². The molecule has 0 amide bonds. The second-order valence-corrected chi connectivity index (χ2v) is 3.87. The van der Waals surface area contributed by atoms with E-state index in [9.17, 15) is 0 Å². The van der Waals surface area contributed by atoms with Crippen molar-refractivity contribution < 1.29 is 0 Å². The van der Waals surface area contributed by atoms with Crippen molar-refractivity contribution in [3.05, 3.63) is 39.9 Å². The molecule has 12 heavy (non-hydrogen) atoms. The van der Waals surface area contributed by atoms with Crippen molar-refractivity contribution >= 4 is 34.6 Å². The van der Waals surface area contributed by atoms with E-state index in [2.05, 4.69) is 53.7 Å². The van der Waals surface area contributed by atoms with E-state index in [-0.39, 0.29) is 0 Å². The molecule has 0 nitrogen and oxygen atoms in total. The van der Waals surface area contributed by atoms with Gasteiger partial charge in [-0.3, -0.25) is 0 Å². The number of benzene rings is 1. The molecule has 2 heteroatoms. The maximum Gasteiger partial charge on any atom is 0.0181 e. The van der Waals surface area contributed by atoms with Gasteiger partial charge in [-0.25, -0.2) is 0 Å². The molecule has 0 unspecified atom stereocenters. The van der Waals surface area contributed by atoms with Crippen molar-refractivity contribution in [2.75, 3.05) is 5.75 Å². The van der Waals surface area contributed by atoms with Crippen LogP contribution in [0.2, 0.25) is 0 Å². The smallest absolute Gasteiger partial charge is 0.0181 e. The van der Waals surface area contributed by atoms with Crippen molar-refractivity contribution in [1.29, 1.82) is 0 Å². The summed E-state index contributed by atoms with van der Waals surface area (Å²) in [5, 5.41) is 0. The Kier molecular flexibility index (Phi) is 3.89. The van der Waals surface area contributed by atoms with E-state index < -0.39 is 0 Å². The Morgan fingerprint density at radius 3 is 2.92 bits per heavy atom. The first-order valence-electron chi connectivity index (χ1n) is 3.77. The molecule has 0 atom stereocenters. The van der Waals surface area contributed by atoms with Crippen molar-refractivity contribution in [3.8, 4) is 0 Å². The van der Waals surface area contributed by atoms with Crippen molar-refractivity contribution in [2.45, 2.75) is 6.92 Å². The fourth-order valence-electron chi connectivity index (χ4n) is 0.971. The summed E-state index contributed by atoms with van der Waals surface area (Å²) in [5.41, 5.74) is 2.54. The van der Waals surface area contributed by atoms with Gasteiger partial charge in [0.1, 0.15) is 0 Å². The molecule has 0 saturated carbocycles. The second kappa shape index (κ2) is 4.73. The van der Waals surface area contributed by atoms with Crippen LogP contribution >= 0.6 is 28.6 Å². The lowest BCUT2D eigenvalue weighted by atomic mass is 10.1. The predicted octanol–water partition coefficient (Wildman–Crippen LogP) is 3.70. The number of hydrogen-bond donors (Lipinski definition) is 1. The third-order valence-electron chi connectivity index (χ3n) is 1.64. The molecule has 1 aromatic rings. The highest BCUT2D eigenvalue weighted by Gasteiger charge is 1.93. The van der Waals surface area contributed by atoms with Crippen LogP contribution in [-0.2, 0) is 0 Å². The summed E-state index contributed by atoms with van der Waals surface area (Å²) in [6.45, 7) is 2.10. The molecular formula is C10H11BrS. The average Bonchev–Trinajstić information content (AvgIpc) is 2.07. The van der Waals surface area contributed by atoms with E-state index in [1.807, 2.05) is 12.1 Å². The Bertz CT molecular complexity index is 292. The van der Waals surface area contributed by atoms with Gasteiger partial charge in [-0.2, -0.15) is 12.6 Å². The molecule has 0 radical (unpaired) electrons. The summed E-state index contributed by atoms with van der Waals surface area (Å²) in [5.74, 6) is 0.784. The quantitative estimate of drug-likeness (QED) is 0.752. The summed E-state index contributed by atoms with van der Waals surface area (Å²) < 4.78 is 1.12. The summed E-state index contributed by atoms with van der Waals surface area (Å²) in [7, 11) is 0. The molecule has 0 N–H and O–H groups in total. The molecule has 0 aromatic heterocycles. The zero-order valence-corrected chi connectivity index (χ0v) is 9.40. The van der Waals surface area contributed by atoms with Crippen LogP contribution in [0.25, 0.3) is 6.08 Å². The van der Waals surface area contributed by atoms with Gasteiger partial charge >= 0.3 is 0 Å². The van der Waals surface area contributed by atoms with Gasteiger partial charge in [-0.1, -0.05) is 34.1 Å². The number of halogens is 1. The molecule has 64 valence electrons. The molecule has 0 spiro atoms. The summed E-state index contributed by atoms with van der Waals surface area (Å²) in [6.07, 6.45) is 4.13. The minimum Gasteiger partial charge on any atom is -0.175 e. The fourth-order valence-corrected chi connectivity index (χ4v) is 1.45. The minimum absolute atomic E-state index is 0.784. The summed E-state index contributed by atoms with van der Waals surface area (Å²) >= 11 is 7.55. The third kappa shape index (κ3) is 2.68. The van der Waals surface area contributed by atoms with Gasteiger partial charge in [-0.05, 0) is 30.2 Å². The molecule has 0 aliphatic rings. The summed E-state index contributed by atoms with van der Waals surface area (Å²) in [4.78, 5) is 0. The summed E-state index contributed by atoms with van der Waals surface area (Å²) in [6, 6.07) is 6.25. The fraction of sp³-hybridized carbons (Fsp3) is 0.200. The Morgan fingerprint density at radius 2 is 2.25 bits per heavy atom. The highest BCUT2D eigenvalue weighted by Crippen LogP contribution is 2.17. The van der Waals surface area contributed by atoms with Crippen LogP contribution in [0, 0.1) is 6.92 Å². The van der Waals surface area contributed by atoms with E-state index in [4.69, 9.17) is 0 Å². The molecule has 0 aliphatic heterocycles. The number of aryl methyl sites for hydroxylation is 1. The Hall–Kier alpha value is -0.210. The molecule has 0 saturated heterocycles. The van der Waals surface area contributed by atoms with Crippen LogP contribution in [0.5, 0.6) is 0 Å². The third-order valence-corrected chi connectivity index (χ3v) is 2.35. The second-order valence-electron chi connectivity index (χ2n) is 2.59. The van der Waals surface area contributed by atoms with Crippen LogP contribution in [-0.4, -0.2) is 5.75 Å². The average molecular weight is 243 g/mol. The first-order chi connectivity index (χ1) is 5.74. The van der Waals surface area contributed by atoms with Crippen molar-refractivity contribution in [1.82, 2.24) is 0 Å². The number of thiol groups is 1. The minimum atomic E-state index is 0.784. The highest BCUT2D eigenvalue weighted by molar-refractivity contribution is 9.10. The lowest BCUT2D eigenvalue weighted by Crippen LogP contribution is -1.79. The van der Waals surface area contributed by atoms with Crippen LogP contribution < -0.4 is 0 Å². The standard InChI is InChI=1S/C10H11BrS/c1-8-4-5-10(11)7-9(8)3-2-6-12/h2-5,7,12H,6H2,1H3. The van der Waals surface area contributed by atoms with Gasteiger partial charge in [0.2, 0.25) is 0 Å². The molecule has 1 aromatic carbocycles. The van der Waals surface area contributed by atoms with E-state index in [1.54, 1.807) is 0 Å². The zero-order valence-electron chi connectivity index (χ0n) is 6.92. The van der Waals surface area contributed by atoms with Crippen LogP contribution in [0.1, 0.15) is 11.1 Å². The van der Waals surface area contributed by atoms with Gasteiger partial charge in [0.25, 0.3) is 0 Å². The predicted molar refractivity (Wildman–Crippen MR) is 61.8 cm³/mol. The van der Waals surface area contributed by atoms with Crippen LogP contribution in [0.4, 0.5) is 0 Å². The molecule has 1 rings (SSSR count). The van der Waals surface area contributed by atoms with Gasteiger partial charge in [0.05, 0.1) is 0 Å². The Balaban J connectivity index is 2.97. The number of rotatable bonds is 2. The van der Waals surface area contributed by atoms with Crippen molar-refractivity contribution in [3.63, 3.8) is 0 Å². The van der Waals surface area contributed by atoms with Crippen molar-refractivity contribution in [2.24, 2.45) is 0 Å². The van der Waals surface area contributed by atoms with E-state index in [0.29, 0.717) is 0 Å². The van der Waals surface area contributed by atoms with Gasteiger partial charge in [-0.15, -0.1) is 0 Å². The molecule has 0 bridgehead atoms. The monoisotopic (exact) mass is 242 g/mol. The first kappa shape index (κ1) is 9.87. The largest absolute Gasteiger partial charge is 0.175 e. The Labute approximate surface area is 87.2 Å². The molecule has 0 fully saturated rings. The van der Waals surface area contributed by atoms with Crippen LogP contribution in [0.3, 0.4) is 0 Å². The lowest BCUT2D eigenvalue weighted by Gasteiger charge is -1.99. The van der Waals surface area contributed by atoms with E-state index in [1.165, 1.54) is 11.1 Å². The molecule has 0 aliphatic carbocycles. The SMILES string of the molecule is Cc1ccc(Br)cc1C=CCS. The van der Waals surface area contributed by atoms with E-state index in [0.717, 1.165) is 10.2 Å². The molecular weight excluding hydrogens is 232 g/mol. The van der Waals surface area contributed by atoms with Crippen LogP contribution in [0.15, 0.2) is 28.7 Å². The van der Waals surface area contributed by atoms with Gasteiger partial charge < -0.3 is 0 Å². The van der Waals surface area contributed by atoms with Gasteiger partial charge in [0, 0.05) is 10.2 Å². The van der Waals surface area contributed by atoms with Gasteiger partial charge in [0.15, 0.2) is 0 Å². The molecule has 0 heterocycles. The maximum absolute atomic E-state index is 4.11. The normalized spacial score (nSPS) is 10.9. The maximum atomic E-state index is 4.11. The van der Waals surface area contributed by atoms with E-state index >= 15 is 0 Å².